The number of halogens is 2. The third-order valence-electron chi connectivity index (χ3n) is 6.87. The molecule has 0 radical (unpaired) electrons. The number of nitrogens with zero attached hydrogens (tertiary/aromatic N) is 1. The molecule has 3 atom stereocenters. The Labute approximate surface area is 230 Å². The third kappa shape index (κ3) is 6.47. The number of thioether (sulfide) groups is 1. The minimum atomic E-state index is -0.979. The van der Waals surface area contributed by atoms with Crippen molar-refractivity contribution in [1.82, 2.24) is 10.6 Å². The quantitative estimate of drug-likeness (QED) is 0.424. The Kier molecular flexibility index (Phi) is 7.97. The van der Waals surface area contributed by atoms with E-state index in [1.54, 1.807) is 4.90 Å². The molecule has 3 amide bonds. The van der Waals surface area contributed by atoms with Crippen molar-refractivity contribution in [3.63, 3.8) is 0 Å². The van der Waals surface area contributed by atoms with Gasteiger partial charge in [-0.3, -0.25) is 14.4 Å². The van der Waals surface area contributed by atoms with Gasteiger partial charge in [-0.15, -0.1) is 11.8 Å². The summed E-state index contributed by atoms with van der Waals surface area (Å²) in [6, 6.07) is 18.4. The van der Waals surface area contributed by atoms with Crippen molar-refractivity contribution < 1.29 is 23.2 Å². The molecule has 0 saturated heterocycles. The normalized spacial score (nSPS) is 19.6. The Morgan fingerprint density at radius 2 is 1.67 bits per heavy atom. The van der Waals surface area contributed by atoms with Gasteiger partial charge in [-0.2, -0.15) is 0 Å². The molecule has 0 bridgehead atoms. The lowest BCUT2D eigenvalue weighted by Gasteiger charge is -2.29. The van der Waals surface area contributed by atoms with E-state index in [0.29, 0.717) is 12.5 Å². The van der Waals surface area contributed by atoms with Gasteiger partial charge in [-0.1, -0.05) is 42.5 Å². The van der Waals surface area contributed by atoms with Crippen LogP contribution in [-0.2, 0) is 20.8 Å². The molecule has 9 heteroatoms. The average molecular weight is 550 g/mol. The number of carbonyl (C=O) groups excluding carboxylic acids is 3. The summed E-state index contributed by atoms with van der Waals surface area (Å²) in [7, 11) is 0. The van der Waals surface area contributed by atoms with Crippen LogP contribution in [0.5, 0.6) is 0 Å². The average Bonchev–Trinajstić information content (AvgIpc) is 3.74. The third-order valence-corrected chi connectivity index (χ3v) is 8.26. The molecular formula is C30H29F2N3O3S. The number of benzene rings is 3. The lowest BCUT2D eigenvalue weighted by molar-refractivity contribution is -0.131. The molecule has 5 rings (SSSR count). The second kappa shape index (κ2) is 11.6. The van der Waals surface area contributed by atoms with Crippen LogP contribution in [0.1, 0.15) is 36.1 Å². The smallest absolute Gasteiger partial charge is 0.251 e. The van der Waals surface area contributed by atoms with Crippen molar-refractivity contribution in [1.29, 1.82) is 0 Å². The van der Waals surface area contributed by atoms with E-state index < -0.39 is 40.8 Å². The summed E-state index contributed by atoms with van der Waals surface area (Å²) >= 11 is 1.53. The number of para-hydroxylation sites is 1. The standard InChI is InChI=1S/C30H29F2N3O3S/c1-18(33-26(36)15-20-13-22(31)16-23(32)14-20)29(37)34-27-28(21-7-3-2-4-8-21)39-25-10-6-5-9-24(25)35(30(27)38)17-19-11-12-19/h2-10,13-14,16,18-19,27-28H,11-12,15,17H2,1H3,(H,33,36)(H,34,37)/t18-,27-,28+/m0/s1. The zero-order chi connectivity index (χ0) is 27.5. The van der Waals surface area contributed by atoms with Crippen LogP contribution in [0.4, 0.5) is 14.5 Å². The van der Waals surface area contributed by atoms with Crippen LogP contribution in [0.3, 0.4) is 0 Å². The van der Waals surface area contributed by atoms with Gasteiger partial charge in [0, 0.05) is 17.5 Å². The van der Waals surface area contributed by atoms with E-state index in [0.717, 1.165) is 47.2 Å². The maximum Gasteiger partial charge on any atom is 0.251 e. The van der Waals surface area contributed by atoms with Crippen LogP contribution in [0.25, 0.3) is 0 Å². The lowest BCUT2D eigenvalue weighted by Crippen LogP contribution is -2.55. The van der Waals surface area contributed by atoms with Crippen molar-refractivity contribution in [2.24, 2.45) is 5.92 Å². The first-order chi connectivity index (χ1) is 18.8. The zero-order valence-corrected chi connectivity index (χ0v) is 22.2. The first-order valence-corrected chi connectivity index (χ1v) is 13.8. The number of amides is 3. The SMILES string of the molecule is C[C@H](NC(=O)Cc1cc(F)cc(F)c1)C(=O)N[C@@H]1C(=O)N(CC2CC2)c2ccccc2S[C@@H]1c1ccccc1. The Morgan fingerprint density at radius 1 is 1.00 bits per heavy atom. The monoisotopic (exact) mass is 549 g/mol. The molecule has 0 unspecified atom stereocenters. The fourth-order valence-electron chi connectivity index (χ4n) is 4.72. The summed E-state index contributed by atoms with van der Waals surface area (Å²) < 4.78 is 27.0. The minimum absolute atomic E-state index is 0.158. The molecule has 0 spiro atoms. The molecule has 2 aliphatic rings. The Bertz CT molecular complexity index is 1360. The molecular weight excluding hydrogens is 520 g/mol. The molecule has 1 saturated carbocycles. The van der Waals surface area contributed by atoms with Gasteiger partial charge in [0.15, 0.2) is 0 Å². The fraction of sp³-hybridized carbons (Fsp3) is 0.300. The summed E-state index contributed by atoms with van der Waals surface area (Å²) in [6.07, 6.45) is 1.84. The van der Waals surface area contributed by atoms with E-state index in [1.807, 2.05) is 54.6 Å². The first kappa shape index (κ1) is 26.9. The van der Waals surface area contributed by atoms with Gasteiger partial charge in [-0.25, -0.2) is 8.78 Å². The van der Waals surface area contributed by atoms with E-state index in [4.69, 9.17) is 0 Å². The maximum absolute atomic E-state index is 14.1. The minimum Gasteiger partial charge on any atom is -0.344 e. The highest BCUT2D eigenvalue weighted by Crippen LogP contribution is 2.46. The predicted octanol–water partition coefficient (Wildman–Crippen LogP) is 4.79. The molecule has 2 N–H and O–H groups in total. The summed E-state index contributed by atoms with van der Waals surface area (Å²) in [5.74, 6) is -2.41. The van der Waals surface area contributed by atoms with Gasteiger partial charge in [0.05, 0.1) is 17.4 Å². The molecule has 202 valence electrons. The molecule has 6 nitrogen and oxygen atoms in total. The number of hydrogen-bond acceptors (Lipinski definition) is 4. The molecule has 39 heavy (non-hydrogen) atoms. The summed E-state index contributed by atoms with van der Waals surface area (Å²) in [6.45, 7) is 2.10. The second-order valence-corrected chi connectivity index (χ2v) is 11.2. The highest BCUT2D eigenvalue weighted by molar-refractivity contribution is 7.99. The zero-order valence-electron chi connectivity index (χ0n) is 21.4. The predicted molar refractivity (Wildman–Crippen MR) is 146 cm³/mol. The van der Waals surface area contributed by atoms with E-state index in [-0.39, 0.29) is 17.9 Å². The largest absolute Gasteiger partial charge is 0.344 e. The summed E-state index contributed by atoms with van der Waals surface area (Å²) in [4.78, 5) is 42.7. The van der Waals surface area contributed by atoms with E-state index >= 15 is 0 Å². The van der Waals surface area contributed by atoms with Crippen LogP contribution in [0, 0.1) is 17.6 Å². The topological polar surface area (TPSA) is 78.5 Å². The van der Waals surface area contributed by atoms with E-state index in [1.165, 1.54) is 18.7 Å². The summed E-state index contributed by atoms with van der Waals surface area (Å²) in [5.41, 5.74) is 1.89. The molecule has 1 aliphatic carbocycles. The van der Waals surface area contributed by atoms with Gasteiger partial charge in [0.2, 0.25) is 11.8 Å². The first-order valence-electron chi connectivity index (χ1n) is 12.9. The molecule has 1 fully saturated rings. The van der Waals surface area contributed by atoms with Gasteiger partial charge in [0.25, 0.3) is 5.91 Å². The number of nitrogens with one attached hydrogen (secondary N) is 2. The van der Waals surface area contributed by atoms with E-state index in [2.05, 4.69) is 10.6 Å². The van der Waals surface area contributed by atoms with Crippen molar-refractivity contribution in [2.45, 2.75) is 48.4 Å². The highest BCUT2D eigenvalue weighted by atomic mass is 32.2. The molecule has 3 aromatic rings. The van der Waals surface area contributed by atoms with Crippen LogP contribution in [0.15, 0.2) is 77.7 Å². The number of fused-ring (bicyclic) bond motifs is 1. The van der Waals surface area contributed by atoms with Crippen molar-refractivity contribution >= 4 is 35.2 Å². The Hall–Kier alpha value is -3.72. The number of carbonyl (C=O) groups is 3. The van der Waals surface area contributed by atoms with Gasteiger partial charge < -0.3 is 15.5 Å². The van der Waals surface area contributed by atoms with Crippen molar-refractivity contribution in [3.8, 4) is 0 Å². The van der Waals surface area contributed by atoms with Crippen LogP contribution >= 0.6 is 11.8 Å². The Balaban J connectivity index is 1.37. The number of hydrogen-bond donors (Lipinski definition) is 2. The van der Waals surface area contributed by atoms with Gasteiger partial charge in [0.1, 0.15) is 23.7 Å². The van der Waals surface area contributed by atoms with Crippen molar-refractivity contribution in [2.75, 3.05) is 11.4 Å². The van der Waals surface area contributed by atoms with Crippen LogP contribution in [0.2, 0.25) is 0 Å². The van der Waals surface area contributed by atoms with E-state index in [9.17, 15) is 23.2 Å². The van der Waals surface area contributed by atoms with Gasteiger partial charge in [-0.05, 0) is 61.1 Å². The number of anilines is 1. The second-order valence-electron chi connectivity index (χ2n) is 10.0. The van der Waals surface area contributed by atoms with Crippen molar-refractivity contribution in [3.05, 3.63) is 95.6 Å². The number of rotatable bonds is 8. The van der Waals surface area contributed by atoms with Gasteiger partial charge >= 0.3 is 0 Å². The molecule has 3 aromatic carbocycles. The van der Waals surface area contributed by atoms with Crippen LogP contribution < -0.4 is 15.5 Å². The fourth-order valence-corrected chi connectivity index (χ4v) is 6.07. The molecule has 1 heterocycles. The molecule has 0 aromatic heterocycles. The molecule has 1 aliphatic heterocycles. The summed E-state index contributed by atoms with van der Waals surface area (Å²) in [5, 5.41) is 5.10. The maximum atomic E-state index is 14.1. The highest BCUT2D eigenvalue weighted by Gasteiger charge is 2.41. The lowest BCUT2D eigenvalue weighted by atomic mass is 10.0. The Morgan fingerprint density at radius 3 is 2.36 bits per heavy atom. The van der Waals surface area contributed by atoms with Crippen LogP contribution in [-0.4, -0.2) is 36.3 Å².